The zero-order chi connectivity index (χ0) is 11.4. The molecule has 0 spiro atoms. The normalized spacial score (nSPS) is 14.3. The van der Waals surface area contributed by atoms with Crippen LogP contribution in [0.5, 0.6) is 0 Å². The molecule has 0 radical (unpaired) electrons. The minimum atomic E-state index is -2.96. The second kappa shape index (κ2) is 5.31. The SMILES string of the molecule is CC(CN(C)CCS(C)(=O)=O)C(=O)O. The largest absolute Gasteiger partial charge is 0.481 e. The fourth-order valence-electron chi connectivity index (χ4n) is 0.959. The number of nitrogens with zero attached hydrogens (tertiary/aromatic N) is 1. The molecular weight excluding hydrogens is 206 g/mol. The first-order chi connectivity index (χ1) is 6.22. The average Bonchev–Trinajstić information content (AvgIpc) is 1.99. The lowest BCUT2D eigenvalue weighted by Gasteiger charge is -2.18. The summed E-state index contributed by atoms with van der Waals surface area (Å²) in [6.07, 6.45) is 1.17. The molecule has 14 heavy (non-hydrogen) atoms. The molecule has 0 aliphatic carbocycles. The standard InChI is InChI=1S/C8H17NO4S/c1-7(8(10)11)6-9(2)4-5-14(3,12)13/h7H,4-6H2,1-3H3,(H,10,11). The summed E-state index contributed by atoms with van der Waals surface area (Å²) in [6.45, 7) is 2.33. The number of hydrogen-bond acceptors (Lipinski definition) is 4. The summed E-state index contributed by atoms with van der Waals surface area (Å²) in [5, 5.41) is 8.61. The van der Waals surface area contributed by atoms with E-state index in [2.05, 4.69) is 0 Å². The third-order valence-electron chi connectivity index (χ3n) is 1.85. The van der Waals surface area contributed by atoms with Crippen molar-refractivity contribution in [3.8, 4) is 0 Å². The number of carboxylic acid groups (broad SMARTS) is 1. The van der Waals surface area contributed by atoms with Crippen LogP contribution in [-0.2, 0) is 14.6 Å². The second-order valence-electron chi connectivity index (χ2n) is 3.63. The Balaban J connectivity index is 3.88. The first-order valence-electron chi connectivity index (χ1n) is 4.31. The Morgan fingerprint density at radius 3 is 2.36 bits per heavy atom. The molecular formula is C8H17NO4S. The van der Waals surface area contributed by atoms with Crippen LogP contribution in [0.1, 0.15) is 6.92 Å². The van der Waals surface area contributed by atoms with Crippen LogP contribution in [0.3, 0.4) is 0 Å². The summed E-state index contributed by atoms with van der Waals surface area (Å²) >= 11 is 0. The quantitative estimate of drug-likeness (QED) is 0.668. The van der Waals surface area contributed by atoms with Crippen molar-refractivity contribution < 1.29 is 18.3 Å². The first-order valence-corrected chi connectivity index (χ1v) is 6.37. The minimum Gasteiger partial charge on any atom is -0.481 e. The fourth-order valence-corrected chi connectivity index (χ4v) is 1.60. The van der Waals surface area contributed by atoms with E-state index in [4.69, 9.17) is 5.11 Å². The molecule has 0 aliphatic rings. The molecule has 0 bridgehead atoms. The topological polar surface area (TPSA) is 74.7 Å². The van der Waals surface area contributed by atoms with E-state index in [0.29, 0.717) is 13.1 Å². The van der Waals surface area contributed by atoms with E-state index in [0.717, 1.165) is 0 Å². The van der Waals surface area contributed by atoms with Crippen molar-refractivity contribution in [2.24, 2.45) is 5.92 Å². The van der Waals surface area contributed by atoms with Crippen molar-refractivity contribution in [3.63, 3.8) is 0 Å². The Morgan fingerprint density at radius 2 is 2.00 bits per heavy atom. The van der Waals surface area contributed by atoms with E-state index >= 15 is 0 Å². The number of carbonyl (C=O) groups is 1. The van der Waals surface area contributed by atoms with Crippen LogP contribution < -0.4 is 0 Å². The molecule has 0 fully saturated rings. The minimum absolute atomic E-state index is 0.0653. The number of carboxylic acids is 1. The van der Waals surface area contributed by atoms with Gasteiger partial charge in [-0.3, -0.25) is 4.79 Å². The number of aliphatic carboxylic acids is 1. The average molecular weight is 223 g/mol. The van der Waals surface area contributed by atoms with Gasteiger partial charge in [0, 0.05) is 19.3 Å². The summed E-state index contributed by atoms with van der Waals surface area (Å²) in [6, 6.07) is 0. The van der Waals surface area contributed by atoms with Gasteiger partial charge < -0.3 is 10.0 Å². The molecule has 0 aliphatic heterocycles. The highest BCUT2D eigenvalue weighted by Crippen LogP contribution is 1.98. The third kappa shape index (κ3) is 6.85. The molecule has 1 atom stereocenters. The number of rotatable bonds is 6. The molecule has 0 aromatic heterocycles. The molecule has 0 saturated heterocycles. The predicted octanol–water partition coefficient (Wildman–Crippen LogP) is -0.316. The van der Waals surface area contributed by atoms with E-state index in [9.17, 15) is 13.2 Å². The Labute approximate surface area is 84.6 Å². The van der Waals surface area contributed by atoms with Crippen LogP contribution in [0.25, 0.3) is 0 Å². The molecule has 0 aromatic carbocycles. The molecule has 0 aromatic rings. The van der Waals surface area contributed by atoms with Crippen molar-refractivity contribution in [2.75, 3.05) is 32.1 Å². The highest BCUT2D eigenvalue weighted by Gasteiger charge is 2.14. The van der Waals surface area contributed by atoms with Gasteiger partial charge in [-0.1, -0.05) is 6.92 Å². The maximum absolute atomic E-state index is 10.8. The molecule has 0 saturated carbocycles. The van der Waals surface area contributed by atoms with Gasteiger partial charge in [0.15, 0.2) is 0 Å². The number of hydrogen-bond donors (Lipinski definition) is 1. The Bertz CT molecular complexity index is 286. The van der Waals surface area contributed by atoms with E-state index in [1.54, 1.807) is 18.9 Å². The molecule has 6 heteroatoms. The van der Waals surface area contributed by atoms with Crippen molar-refractivity contribution in [1.82, 2.24) is 4.90 Å². The molecule has 1 unspecified atom stereocenters. The maximum atomic E-state index is 10.8. The van der Waals surface area contributed by atoms with Gasteiger partial charge in [-0.15, -0.1) is 0 Å². The van der Waals surface area contributed by atoms with Gasteiger partial charge in [-0.25, -0.2) is 8.42 Å². The van der Waals surface area contributed by atoms with Crippen LogP contribution in [0, 0.1) is 5.92 Å². The smallest absolute Gasteiger partial charge is 0.307 e. The highest BCUT2D eigenvalue weighted by atomic mass is 32.2. The molecule has 0 heterocycles. The highest BCUT2D eigenvalue weighted by molar-refractivity contribution is 7.90. The lowest BCUT2D eigenvalue weighted by molar-refractivity contribution is -0.141. The van der Waals surface area contributed by atoms with Crippen LogP contribution in [0.2, 0.25) is 0 Å². The second-order valence-corrected chi connectivity index (χ2v) is 5.89. The Hall–Kier alpha value is -0.620. The summed E-state index contributed by atoms with van der Waals surface area (Å²) in [5.41, 5.74) is 0. The van der Waals surface area contributed by atoms with Gasteiger partial charge in [0.05, 0.1) is 11.7 Å². The van der Waals surface area contributed by atoms with E-state index in [1.165, 1.54) is 6.26 Å². The summed E-state index contributed by atoms with van der Waals surface area (Å²) in [5.74, 6) is -1.27. The third-order valence-corrected chi connectivity index (χ3v) is 2.78. The zero-order valence-corrected chi connectivity index (χ0v) is 9.54. The van der Waals surface area contributed by atoms with Gasteiger partial charge >= 0.3 is 5.97 Å². The molecule has 5 nitrogen and oxygen atoms in total. The first kappa shape index (κ1) is 13.4. The van der Waals surface area contributed by atoms with Crippen LogP contribution >= 0.6 is 0 Å². The van der Waals surface area contributed by atoms with Crippen molar-refractivity contribution in [1.29, 1.82) is 0 Å². The molecule has 84 valence electrons. The van der Waals surface area contributed by atoms with Gasteiger partial charge in [0.1, 0.15) is 9.84 Å². The Morgan fingerprint density at radius 1 is 1.50 bits per heavy atom. The zero-order valence-electron chi connectivity index (χ0n) is 8.73. The molecule has 1 N–H and O–H groups in total. The molecule has 0 rings (SSSR count). The van der Waals surface area contributed by atoms with Crippen molar-refractivity contribution in [3.05, 3.63) is 0 Å². The lowest BCUT2D eigenvalue weighted by atomic mass is 10.2. The van der Waals surface area contributed by atoms with Gasteiger partial charge in [0.2, 0.25) is 0 Å². The monoisotopic (exact) mass is 223 g/mol. The van der Waals surface area contributed by atoms with Crippen LogP contribution in [0.15, 0.2) is 0 Å². The fraction of sp³-hybridized carbons (Fsp3) is 0.875. The lowest BCUT2D eigenvalue weighted by Crippen LogP contribution is -2.32. The predicted molar refractivity (Wildman–Crippen MR) is 54.0 cm³/mol. The van der Waals surface area contributed by atoms with Crippen LogP contribution in [0.4, 0.5) is 0 Å². The maximum Gasteiger partial charge on any atom is 0.307 e. The van der Waals surface area contributed by atoms with E-state index < -0.39 is 21.7 Å². The summed E-state index contributed by atoms with van der Waals surface area (Å²) < 4.78 is 21.6. The van der Waals surface area contributed by atoms with E-state index in [1.807, 2.05) is 0 Å². The Kier molecular flexibility index (Phi) is 5.07. The van der Waals surface area contributed by atoms with E-state index in [-0.39, 0.29) is 5.75 Å². The van der Waals surface area contributed by atoms with Gasteiger partial charge in [0.25, 0.3) is 0 Å². The summed E-state index contributed by atoms with van der Waals surface area (Å²) in [4.78, 5) is 12.2. The number of sulfone groups is 1. The van der Waals surface area contributed by atoms with Crippen LogP contribution in [-0.4, -0.2) is 56.5 Å². The van der Waals surface area contributed by atoms with Gasteiger partial charge in [-0.05, 0) is 7.05 Å². The summed E-state index contributed by atoms with van der Waals surface area (Å²) in [7, 11) is -1.25. The van der Waals surface area contributed by atoms with Crippen molar-refractivity contribution in [2.45, 2.75) is 6.92 Å². The molecule has 0 amide bonds. The van der Waals surface area contributed by atoms with Crippen molar-refractivity contribution >= 4 is 15.8 Å². The van der Waals surface area contributed by atoms with Gasteiger partial charge in [-0.2, -0.15) is 0 Å².